The van der Waals surface area contributed by atoms with Gasteiger partial charge in [-0.3, -0.25) is 14.4 Å². The highest BCUT2D eigenvalue weighted by molar-refractivity contribution is 6.33. The summed E-state index contributed by atoms with van der Waals surface area (Å²) in [5, 5.41) is 2.72. The molecule has 9 heteroatoms. The molecule has 1 N–H and O–H groups in total. The van der Waals surface area contributed by atoms with Gasteiger partial charge in [-0.25, -0.2) is 19.7 Å². The lowest BCUT2D eigenvalue weighted by atomic mass is 10.1. The number of para-hydroxylation sites is 2. The monoisotopic (exact) mass is 452 g/mol. The number of hydrogen-bond acceptors (Lipinski definition) is 7. The molecule has 0 aliphatic carbocycles. The van der Waals surface area contributed by atoms with Crippen LogP contribution in [0.2, 0.25) is 0 Å². The Hall–Kier alpha value is -4.92. The Bertz CT molecular complexity index is 1430. The van der Waals surface area contributed by atoms with Crippen molar-refractivity contribution in [3.63, 3.8) is 0 Å². The molecule has 34 heavy (non-hydrogen) atoms. The minimum atomic E-state index is -0.568. The molecule has 1 aliphatic heterocycles. The molecule has 0 radical (unpaired) electrons. The predicted molar refractivity (Wildman–Crippen MR) is 123 cm³/mol. The van der Waals surface area contributed by atoms with Gasteiger partial charge in [-0.1, -0.05) is 12.1 Å². The summed E-state index contributed by atoms with van der Waals surface area (Å²) in [5.41, 5.74) is 2.53. The standard InChI is InChI=1S/C25H16N4O5/c1-34-25(33)15-6-10-16(11-7-15)26-22(30)14-8-12-17(13-9-14)29-23(31)20-21(24(29)32)28-19-5-3-2-4-18(19)27-20/h2-13H,1H3,(H,26,30). The summed E-state index contributed by atoms with van der Waals surface area (Å²) in [4.78, 5) is 59.5. The van der Waals surface area contributed by atoms with E-state index in [1.165, 1.54) is 43.5 Å². The number of hydrogen-bond donors (Lipinski definition) is 1. The maximum absolute atomic E-state index is 12.9. The van der Waals surface area contributed by atoms with Crippen LogP contribution in [0.1, 0.15) is 41.7 Å². The first-order valence-corrected chi connectivity index (χ1v) is 10.2. The van der Waals surface area contributed by atoms with Crippen molar-refractivity contribution in [1.82, 2.24) is 9.97 Å². The number of aromatic nitrogens is 2. The molecule has 5 rings (SSSR count). The number of rotatable bonds is 4. The highest BCUT2D eigenvalue weighted by Crippen LogP contribution is 2.28. The van der Waals surface area contributed by atoms with E-state index in [9.17, 15) is 19.2 Å². The number of methoxy groups -OCH3 is 1. The highest BCUT2D eigenvalue weighted by Gasteiger charge is 2.40. The normalized spacial score (nSPS) is 12.6. The number of nitrogens with zero attached hydrogens (tertiary/aromatic N) is 3. The lowest BCUT2D eigenvalue weighted by molar-refractivity contribution is 0.0600. The van der Waals surface area contributed by atoms with Crippen molar-refractivity contribution in [3.05, 3.63) is 95.3 Å². The van der Waals surface area contributed by atoms with Gasteiger partial charge >= 0.3 is 5.97 Å². The maximum Gasteiger partial charge on any atom is 0.337 e. The molecular weight excluding hydrogens is 436 g/mol. The molecule has 1 aromatic heterocycles. The lowest BCUT2D eigenvalue weighted by Gasteiger charge is -2.13. The predicted octanol–water partition coefficient (Wildman–Crippen LogP) is 3.47. The Labute approximate surface area is 193 Å². The average Bonchev–Trinajstić information content (AvgIpc) is 3.11. The number of imide groups is 1. The van der Waals surface area contributed by atoms with Gasteiger partial charge in [0.05, 0.1) is 29.4 Å². The highest BCUT2D eigenvalue weighted by atomic mass is 16.5. The van der Waals surface area contributed by atoms with Crippen LogP contribution in [0.25, 0.3) is 11.0 Å². The number of carbonyl (C=O) groups excluding carboxylic acids is 4. The van der Waals surface area contributed by atoms with Gasteiger partial charge in [0.25, 0.3) is 17.7 Å². The fourth-order valence-corrected chi connectivity index (χ4v) is 3.61. The van der Waals surface area contributed by atoms with E-state index in [0.717, 1.165) is 4.90 Å². The third-order valence-electron chi connectivity index (χ3n) is 5.33. The third-order valence-corrected chi connectivity index (χ3v) is 5.33. The second-order valence-corrected chi connectivity index (χ2v) is 7.43. The van der Waals surface area contributed by atoms with Crippen LogP contribution in [0.5, 0.6) is 0 Å². The van der Waals surface area contributed by atoms with Gasteiger partial charge in [0.2, 0.25) is 0 Å². The maximum atomic E-state index is 12.9. The molecule has 0 spiro atoms. The van der Waals surface area contributed by atoms with Crippen LogP contribution >= 0.6 is 0 Å². The number of anilines is 2. The van der Waals surface area contributed by atoms with Crippen LogP contribution < -0.4 is 10.2 Å². The van der Waals surface area contributed by atoms with Crippen LogP contribution in [-0.2, 0) is 4.74 Å². The molecule has 4 aromatic rings. The van der Waals surface area contributed by atoms with Gasteiger partial charge in [0.15, 0.2) is 11.4 Å². The zero-order chi connectivity index (χ0) is 23.8. The number of ether oxygens (including phenoxy) is 1. The number of benzene rings is 3. The quantitative estimate of drug-likeness (QED) is 0.372. The van der Waals surface area contributed by atoms with E-state index in [1.54, 1.807) is 36.4 Å². The molecule has 0 bridgehead atoms. The molecule has 9 nitrogen and oxygen atoms in total. The molecular formula is C25H16N4O5. The first-order chi connectivity index (χ1) is 16.5. The van der Waals surface area contributed by atoms with Crippen molar-refractivity contribution < 1.29 is 23.9 Å². The van der Waals surface area contributed by atoms with Gasteiger partial charge < -0.3 is 10.1 Å². The Morgan fingerprint density at radius 3 is 1.82 bits per heavy atom. The summed E-state index contributed by atoms with van der Waals surface area (Å²) in [6, 6.07) is 19.3. The van der Waals surface area contributed by atoms with E-state index in [2.05, 4.69) is 20.0 Å². The summed E-state index contributed by atoms with van der Waals surface area (Å²) >= 11 is 0. The molecule has 0 saturated carbocycles. The molecule has 0 saturated heterocycles. The van der Waals surface area contributed by atoms with Gasteiger partial charge in [-0.05, 0) is 60.7 Å². The number of esters is 1. The molecule has 0 atom stereocenters. The summed E-state index contributed by atoms with van der Waals surface area (Å²) in [7, 11) is 1.29. The largest absolute Gasteiger partial charge is 0.465 e. The molecule has 1 aliphatic rings. The second-order valence-electron chi connectivity index (χ2n) is 7.43. The number of nitrogens with one attached hydrogen (secondary N) is 1. The summed E-state index contributed by atoms with van der Waals surface area (Å²) in [6.07, 6.45) is 0. The molecule has 0 unspecified atom stereocenters. The van der Waals surface area contributed by atoms with E-state index in [4.69, 9.17) is 0 Å². The van der Waals surface area contributed by atoms with Crippen LogP contribution in [0, 0.1) is 0 Å². The fourth-order valence-electron chi connectivity index (χ4n) is 3.61. The van der Waals surface area contributed by atoms with Crippen molar-refractivity contribution in [3.8, 4) is 0 Å². The molecule has 3 aromatic carbocycles. The molecule has 166 valence electrons. The lowest BCUT2D eigenvalue weighted by Crippen LogP contribution is -2.29. The van der Waals surface area contributed by atoms with Gasteiger partial charge in [0, 0.05) is 11.3 Å². The Morgan fingerprint density at radius 2 is 1.29 bits per heavy atom. The van der Waals surface area contributed by atoms with E-state index in [0.29, 0.717) is 33.5 Å². The molecule has 0 fully saturated rings. The van der Waals surface area contributed by atoms with Crippen LogP contribution in [0.3, 0.4) is 0 Å². The van der Waals surface area contributed by atoms with Crippen LogP contribution in [0.15, 0.2) is 72.8 Å². The smallest absolute Gasteiger partial charge is 0.337 e. The number of amides is 3. The van der Waals surface area contributed by atoms with Gasteiger partial charge in [-0.15, -0.1) is 0 Å². The Kier molecular flexibility index (Phi) is 5.06. The minimum Gasteiger partial charge on any atom is -0.465 e. The van der Waals surface area contributed by atoms with Crippen LogP contribution in [0.4, 0.5) is 11.4 Å². The number of fused-ring (bicyclic) bond motifs is 2. The minimum absolute atomic E-state index is 0.000853. The zero-order valence-corrected chi connectivity index (χ0v) is 17.8. The topological polar surface area (TPSA) is 119 Å². The first-order valence-electron chi connectivity index (χ1n) is 10.2. The zero-order valence-electron chi connectivity index (χ0n) is 17.8. The first kappa shape index (κ1) is 21.0. The van der Waals surface area contributed by atoms with Gasteiger partial charge in [-0.2, -0.15) is 0 Å². The second kappa shape index (κ2) is 8.21. The van der Waals surface area contributed by atoms with Crippen molar-refractivity contribution in [2.45, 2.75) is 0 Å². The SMILES string of the molecule is COC(=O)c1ccc(NC(=O)c2ccc(N3C(=O)c4nc5ccccc5nc4C3=O)cc2)cc1. The molecule has 2 heterocycles. The van der Waals surface area contributed by atoms with Crippen LogP contribution in [-0.4, -0.2) is 40.8 Å². The van der Waals surface area contributed by atoms with Crippen molar-refractivity contribution in [1.29, 1.82) is 0 Å². The van der Waals surface area contributed by atoms with E-state index >= 15 is 0 Å². The summed E-state index contributed by atoms with van der Waals surface area (Å²) in [5.74, 6) is -2.00. The van der Waals surface area contributed by atoms with Crippen molar-refractivity contribution in [2.24, 2.45) is 0 Å². The average molecular weight is 452 g/mol. The van der Waals surface area contributed by atoms with Crippen molar-refractivity contribution >= 4 is 46.1 Å². The Morgan fingerprint density at radius 1 is 0.765 bits per heavy atom. The molecule has 3 amide bonds. The van der Waals surface area contributed by atoms with E-state index < -0.39 is 23.7 Å². The summed E-state index contributed by atoms with van der Waals surface area (Å²) < 4.78 is 4.65. The van der Waals surface area contributed by atoms with E-state index in [-0.39, 0.29) is 11.4 Å². The van der Waals surface area contributed by atoms with E-state index in [1.807, 2.05) is 0 Å². The Balaban J connectivity index is 1.35. The number of carbonyl (C=O) groups is 4. The summed E-state index contributed by atoms with van der Waals surface area (Å²) in [6.45, 7) is 0. The van der Waals surface area contributed by atoms with Gasteiger partial charge in [0.1, 0.15) is 0 Å². The third kappa shape index (κ3) is 3.55. The fraction of sp³-hybridized carbons (Fsp3) is 0.0400. The van der Waals surface area contributed by atoms with Crippen molar-refractivity contribution in [2.75, 3.05) is 17.3 Å².